The highest BCUT2D eigenvalue weighted by molar-refractivity contribution is 6.05. The maximum atomic E-state index is 14.6. The van der Waals surface area contributed by atoms with Gasteiger partial charge in [-0.2, -0.15) is 26.3 Å². The number of piperazine rings is 2. The lowest BCUT2D eigenvalue weighted by molar-refractivity contribution is -0.138. The monoisotopic (exact) mass is 1170 g/mol. The number of carbonyl (C=O) groups is 2. The standard InChI is InChI=1S/C57H56F6N20O2/c1-33-27-80-50(24-67-52(80)26-64-33)46-31-83(74-72-46)49-16-38(55(85)70-41-20-43(57(61,62)63)35(3)47(21-41)78-13-9-76(6)10-14-78)23-66-44(49)29-79-32-53-68-25-51(81(53)28-34(79)2)45-30-82(73-71-45)48-15-37(22-65-36(48)4)54(84)69-40-17-39(56(58,59)60)18-42(19-40)77-11-7-75(5)8-12-77/h15-28,30-32,51H,7-14,29H2,1-6H3,(H,69,84)(H,70,85). The van der Waals surface area contributed by atoms with Crippen molar-refractivity contribution in [3.05, 3.63) is 160 Å². The summed E-state index contributed by atoms with van der Waals surface area (Å²) in [5, 5.41) is 23.2. The number of imidazole rings is 1. The number of amides is 2. The third kappa shape index (κ3) is 11.4. The summed E-state index contributed by atoms with van der Waals surface area (Å²) >= 11 is 0. The summed E-state index contributed by atoms with van der Waals surface area (Å²) in [5.74, 6) is -0.827. The van der Waals surface area contributed by atoms with Gasteiger partial charge in [0, 0.05) is 118 Å². The molecule has 0 radical (unpaired) electrons. The van der Waals surface area contributed by atoms with Crippen molar-refractivity contribution >= 4 is 46.4 Å². The van der Waals surface area contributed by atoms with Crippen molar-refractivity contribution in [1.29, 1.82) is 0 Å². The molecule has 10 heterocycles. The Morgan fingerprint density at radius 1 is 0.635 bits per heavy atom. The minimum Gasteiger partial charge on any atom is -0.369 e. The van der Waals surface area contributed by atoms with E-state index in [9.17, 15) is 35.9 Å². The molecule has 6 aromatic heterocycles. The number of pyridine rings is 2. The van der Waals surface area contributed by atoms with E-state index in [0.717, 1.165) is 29.6 Å². The Morgan fingerprint density at radius 2 is 1.29 bits per heavy atom. The lowest BCUT2D eigenvalue weighted by Gasteiger charge is -2.35. The molecule has 4 aliphatic rings. The Labute approximate surface area is 482 Å². The number of hydrogen-bond donors (Lipinski definition) is 2. The zero-order valence-electron chi connectivity index (χ0n) is 46.9. The lowest BCUT2D eigenvalue weighted by Crippen LogP contribution is -2.44. The predicted molar refractivity (Wildman–Crippen MR) is 303 cm³/mol. The number of nitrogens with zero attached hydrogens (tertiary/aromatic N) is 18. The van der Waals surface area contributed by atoms with Crippen LogP contribution < -0.4 is 20.4 Å². The molecule has 1 atom stereocenters. The van der Waals surface area contributed by atoms with E-state index >= 15 is 0 Å². The van der Waals surface area contributed by atoms with Crippen LogP contribution in [0.25, 0.3) is 28.4 Å². The van der Waals surface area contributed by atoms with Gasteiger partial charge in [0.2, 0.25) is 0 Å². The van der Waals surface area contributed by atoms with Crippen LogP contribution in [0.2, 0.25) is 0 Å². The van der Waals surface area contributed by atoms with Crippen molar-refractivity contribution in [3.63, 3.8) is 0 Å². The van der Waals surface area contributed by atoms with E-state index in [-0.39, 0.29) is 34.6 Å². The van der Waals surface area contributed by atoms with Crippen LogP contribution in [0, 0.1) is 20.8 Å². The molecule has 0 spiro atoms. The van der Waals surface area contributed by atoms with Crippen LogP contribution in [-0.4, -0.2) is 158 Å². The number of carbonyl (C=O) groups excluding carboxylic acids is 2. The van der Waals surface area contributed by atoms with E-state index in [0.29, 0.717) is 115 Å². The van der Waals surface area contributed by atoms with Gasteiger partial charge in [0.25, 0.3) is 11.8 Å². The largest absolute Gasteiger partial charge is 0.416 e. The number of aromatic nitrogens is 11. The second kappa shape index (κ2) is 21.9. The van der Waals surface area contributed by atoms with E-state index in [2.05, 4.69) is 56.0 Å². The van der Waals surface area contributed by atoms with Crippen molar-refractivity contribution in [1.82, 2.24) is 73.9 Å². The summed E-state index contributed by atoms with van der Waals surface area (Å²) in [6.07, 6.45) is 7.26. The average molecular weight is 1170 g/mol. The predicted octanol–water partition coefficient (Wildman–Crippen LogP) is 7.92. The fraction of sp³-hybridized carbons (Fsp3) is 0.316. The van der Waals surface area contributed by atoms with E-state index in [1.165, 1.54) is 28.7 Å². The topological polar surface area (TPSA) is 207 Å². The first-order valence-electron chi connectivity index (χ1n) is 27.1. The second-order valence-corrected chi connectivity index (χ2v) is 21.5. The Balaban J connectivity index is 0.796. The Hall–Kier alpha value is -9.57. The average Bonchev–Trinajstić information content (AvgIpc) is 2.89. The number of aliphatic imine (C=N–C) groups is 1. The van der Waals surface area contributed by atoms with Gasteiger partial charge >= 0.3 is 12.4 Å². The molecule has 4 aliphatic heterocycles. The molecule has 85 heavy (non-hydrogen) atoms. The SMILES string of the molecule is CC1=CN2C(=CN1Cc1ncc(C(=O)Nc3cc(N4CCN(C)CC4)c(C)c(C(F)(F)F)c3)cc1-n1cc(-c3cnc4cnc(C)cn34)nn1)N=CC2c1cn(-c2cc(C(=O)Nc3cc(N4CCN(C)CC4)cc(C(F)(F)F)c3)cnc2C)nn1. The molecule has 438 valence electrons. The molecular formula is C57H56F6N20O2. The van der Waals surface area contributed by atoms with Crippen molar-refractivity contribution in [2.24, 2.45) is 4.99 Å². The summed E-state index contributed by atoms with van der Waals surface area (Å²) in [5.41, 5.74) is 4.53. The Bertz CT molecular complexity index is 4020. The third-order valence-corrected chi connectivity index (χ3v) is 15.6. The zero-order valence-corrected chi connectivity index (χ0v) is 46.9. The minimum atomic E-state index is -4.68. The molecule has 2 saturated heterocycles. The van der Waals surface area contributed by atoms with Gasteiger partial charge in [-0.1, -0.05) is 10.4 Å². The molecule has 0 bridgehead atoms. The number of benzene rings is 2. The number of alkyl halides is 6. The van der Waals surface area contributed by atoms with Gasteiger partial charge in [-0.05, 0) is 89.8 Å². The first kappa shape index (κ1) is 55.9. The molecule has 22 nitrogen and oxygen atoms in total. The van der Waals surface area contributed by atoms with Gasteiger partial charge in [0.15, 0.2) is 5.65 Å². The van der Waals surface area contributed by atoms with Gasteiger partial charge in [-0.25, -0.2) is 19.3 Å². The molecule has 1 unspecified atom stereocenters. The minimum absolute atomic E-state index is 0.0103. The molecule has 8 aromatic rings. The third-order valence-electron chi connectivity index (χ3n) is 15.6. The molecule has 2 fully saturated rings. The van der Waals surface area contributed by atoms with Crippen LogP contribution in [0.15, 0.2) is 115 Å². The number of likely N-dealkylation sites (N-methyl/N-ethyl adjacent to an activating group) is 2. The normalized spacial score (nSPS) is 17.0. The van der Waals surface area contributed by atoms with Crippen LogP contribution >= 0.6 is 0 Å². The van der Waals surface area contributed by atoms with Crippen molar-refractivity contribution in [3.8, 4) is 22.8 Å². The molecule has 2 aromatic carbocycles. The summed E-state index contributed by atoms with van der Waals surface area (Å²) in [6, 6.07) is 8.67. The first-order chi connectivity index (χ1) is 40.6. The molecule has 0 saturated carbocycles. The van der Waals surface area contributed by atoms with Gasteiger partial charge in [-0.15, -0.1) is 10.2 Å². The van der Waals surface area contributed by atoms with Gasteiger partial charge in [0.05, 0.1) is 87.7 Å². The molecular weight excluding hydrogens is 1110 g/mol. The summed E-state index contributed by atoms with van der Waals surface area (Å²) < 4.78 is 90.9. The second-order valence-electron chi connectivity index (χ2n) is 21.5. The fourth-order valence-electron chi connectivity index (χ4n) is 10.7. The van der Waals surface area contributed by atoms with Gasteiger partial charge < -0.3 is 40.0 Å². The zero-order chi connectivity index (χ0) is 59.6. The van der Waals surface area contributed by atoms with E-state index in [4.69, 9.17) is 9.98 Å². The first-order valence-corrected chi connectivity index (χ1v) is 27.1. The Morgan fingerprint density at radius 3 is 2.00 bits per heavy atom. The summed E-state index contributed by atoms with van der Waals surface area (Å²) in [7, 11) is 3.91. The van der Waals surface area contributed by atoms with Crippen molar-refractivity contribution < 1.29 is 35.9 Å². The molecule has 28 heteroatoms. The van der Waals surface area contributed by atoms with Crippen LogP contribution in [0.1, 0.15) is 73.1 Å². The highest BCUT2D eigenvalue weighted by atomic mass is 19.4. The quantitative estimate of drug-likeness (QED) is 0.111. The number of allylic oxidation sites excluding steroid dienone is 1. The fourth-order valence-corrected chi connectivity index (χ4v) is 10.7. The smallest absolute Gasteiger partial charge is 0.369 e. The molecule has 2 N–H and O–H groups in total. The van der Waals surface area contributed by atoms with Crippen LogP contribution in [0.5, 0.6) is 0 Å². The Kier molecular flexibility index (Phi) is 14.4. The molecule has 0 aliphatic carbocycles. The molecule has 2 amide bonds. The highest BCUT2D eigenvalue weighted by Crippen LogP contribution is 2.40. The number of hydrogen-bond acceptors (Lipinski definition) is 17. The van der Waals surface area contributed by atoms with Crippen molar-refractivity contribution in [2.75, 3.05) is 86.9 Å². The van der Waals surface area contributed by atoms with Crippen LogP contribution in [0.3, 0.4) is 0 Å². The van der Waals surface area contributed by atoms with E-state index in [1.807, 2.05) is 70.5 Å². The number of halogens is 6. The van der Waals surface area contributed by atoms with Crippen LogP contribution in [0.4, 0.5) is 49.1 Å². The summed E-state index contributed by atoms with van der Waals surface area (Å²) in [6.45, 7) is 11.8. The molecule has 12 rings (SSSR count). The lowest BCUT2D eigenvalue weighted by atomic mass is 10.0. The van der Waals surface area contributed by atoms with E-state index in [1.54, 1.807) is 62.2 Å². The number of fused-ring (bicyclic) bond motifs is 2. The highest BCUT2D eigenvalue weighted by Gasteiger charge is 2.37. The van der Waals surface area contributed by atoms with Gasteiger partial charge in [0.1, 0.15) is 23.3 Å². The van der Waals surface area contributed by atoms with E-state index < -0.39 is 41.3 Å². The number of rotatable bonds is 12. The number of aryl methyl sites for hydroxylation is 2. The number of nitrogens with one attached hydrogen (secondary N) is 2. The maximum absolute atomic E-state index is 14.6. The van der Waals surface area contributed by atoms with Crippen molar-refractivity contribution in [2.45, 2.75) is 52.6 Å². The maximum Gasteiger partial charge on any atom is 0.416 e. The summed E-state index contributed by atoms with van der Waals surface area (Å²) in [4.78, 5) is 62.5. The van der Waals surface area contributed by atoms with Crippen LogP contribution in [-0.2, 0) is 18.9 Å². The van der Waals surface area contributed by atoms with Gasteiger partial charge in [-0.3, -0.25) is 28.9 Å². The number of anilines is 4.